The SMILES string of the molecule is CN=C(NCCC(=O)OC(C)C)N1CCOC(c2cccc(C(F)(F)F)c2)C1. The summed E-state index contributed by atoms with van der Waals surface area (Å²) >= 11 is 0. The van der Waals surface area contributed by atoms with Gasteiger partial charge in [-0.1, -0.05) is 12.1 Å². The number of carbonyl (C=O) groups excluding carboxylic acids is 1. The van der Waals surface area contributed by atoms with Gasteiger partial charge in [0.25, 0.3) is 0 Å². The van der Waals surface area contributed by atoms with Gasteiger partial charge in [0, 0.05) is 20.1 Å². The molecule has 0 saturated carbocycles. The summed E-state index contributed by atoms with van der Waals surface area (Å²) in [7, 11) is 1.61. The van der Waals surface area contributed by atoms with E-state index in [0.717, 1.165) is 12.1 Å². The minimum absolute atomic E-state index is 0.167. The Morgan fingerprint density at radius 1 is 1.43 bits per heavy atom. The number of carbonyl (C=O) groups is 1. The largest absolute Gasteiger partial charge is 0.463 e. The Labute approximate surface area is 162 Å². The number of hydrogen-bond donors (Lipinski definition) is 1. The van der Waals surface area contributed by atoms with E-state index in [1.165, 1.54) is 6.07 Å². The normalized spacial score (nSPS) is 18.3. The molecule has 0 radical (unpaired) electrons. The zero-order chi connectivity index (χ0) is 20.7. The summed E-state index contributed by atoms with van der Waals surface area (Å²) in [6, 6.07) is 5.17. The van der Waals surface area contributed by atoms with E-state index in [9.17, 15) is 18.0 Å². The number of ether oxygens (including phenoxy) is 2. The molecular weight excluding hydrogens is 375 g/mol. The lowest BCUT2D eigenvalue weighted by molar-refractivity contribution is -0.147. The lowest BCUT2D eigenvalue weighted by Gasteiger charge is -2.35. The molecule has 1 aromatic carbocycles. The molecule has 0 aromatic heterocycles. The van der Waals surface area contributed by atoms with E-state index in [-0.39, 0.29) is 18.5 Å². The van der Waals surface area contributed by atoms with Gasteiger partial charge in [-0.15, -0.1) is 0 Å². The topological polar surface area (TPSA) is 63.2 Å². The fourth-order valence-electron chi connectivity index (χ4n) is 2.89. The number of guanidine groups is 1. The number of esters is 1. The Morgan fingerprint density at radius 2 is 2.18 bits per heavy atom. The van der Waals surface area contributed by atoms with Gasteiger partial charge in [0.05, 0.1) is 31.2 Å². The van der Waals surface area contributed by atoms with Crippen LogP contribution in [0, 0.1) is 0 Å². The highest BCUT2D eigenvalue weighted by Crippen LogP contribution is 2.32. The zero-order valence-corrected chi connectivity index (χ0v) is 16.3. The number of morpholine rings is 1. The zero-order valence-electron chi connectivity index (χ0n) is 16.3. The fraction of sp³-hybridized carbons (Fsp3) is 0.579. The maximum atomic E-state index is 13.0. The van der Waals surface area contributed by atoms with Crippen molar-refractivity contribution in [3.05, 3.63) is 35.4 Å². The van der Waals surface area contributed by atoms with Crippen LogP contribution >= 0.6 is 0 Å². The number of rotatable bonds is 5. The third kappa shape index (κ3) is 6.40. The lowest BCUT2D eigenvalue weighted by Crippen LogP contribution is -2.48. The van der Waals surface area contributed by atoms with E-state index in [1.807, 2.05) is 4.90 Å². The average Bonchev–Trinajstić information content (AvgIpc) is 2.64. The quantitative estimate of drug-likeness (QED) is 0.467. The summed E-state index contributed by atoms with van der Waals surface area (Å²) in [5.41, 5.74) is -0.229. The maximum absolute atomic E-state index is 13.0. The Hall–Kier alpha value is -2.29. The Morgan fingerprint density at radius 3 is 2.82 bits per heavy atom. The van der Waals surface area contributed by atoms with Crippen LogP contribution < -0.4 is 5.32 Å². The van der Waals surface area contributed by atoms with E-state index in [1.54, 1.807) is 27.0 Å². The predicted octanol–water partition coefficient (Wildman–Crippen LogP) is 3.00. The van der Waals surface area contributed by atoms with E-state index < -0.39 is 17.8 Å². The Balaban J connectivity index is 1.97. The van der Waals surface area contributed by atoms with E-state index in [2.05, 4.69) is 10.3 Å². The second-order valence-electron chi connectivity index (χ2n) is 6.69. The van der Waals surface area contributed by atoms with Crippen molar-refractivity contribution in [1.29, 1.82) is 0 Å². The van der Waals surface area contributed by atoms with Gasteiger partial charge in [0.15, 0.2) is 5.96 Å². The van der Waals surface area contributed by atoms with Crippen molar-refractivity contribution in [2.75, 3.05) is 33.3 Å². The number of nitrogens with one attached hydrogen (secondary N) is 1. The fourth-order valence-corrected chi connectivity index (χ4v) is 2.89. The van der Waals surface area contributed by atoms with Crippen LogP contribution in [0.2, 0.25) is 0 Å². The highest BCUT2D eigenvalue weighted by Gasteiger charge is 2.32. The van der Waals surface area contributed by atoms with Crippen molar-refractivity contribution in [1.82, 2.24) is 10.2 Å². The first-order valence-corrected chi connectivity index (χ1v) is 9.14. The summed E-state index contributed by atoms with van der Waals surface area (Å²) in [5.74, 6) is 0.263. The molecule has 28 heavy (non-hydrogen) atoms. The monoisotopic (exact) mass is 401 g/mol. The second-order valence-corrected chi connectivity index (χ2v) is 6.69. The number of hydrogen-bond acceptors (Lipinski definition) is 4. The summed E-state index contributed by atoms with van der Waals surface area (Å²) in [5, 5.41) is 3.09. The molecule has 2 rings (SSSR count). The van der Waals surface area contributed by atoms with Crippen molar-refractivity contribution < 1.29 is 27.4 Å². The number of halogens is 3. The van der Waals surface area contributed by atoms with Crippen LogP contribution in [-0.2, 0) is 20.4 Å². The predicted molar refractivity (Wildman–Crippen MR) is 98.9 cm³/mol. The van der Waals surface area contributed by atoms with Crippen LogP contribution in [0.5, 0.6) is 0 Å². The molecule has 1 heterocycles. The molecule has 0 bridgehead atoms. The van der Waals surface area contributed by atoms with Gasteiger partial charge in [-0.05, 0) is 31.5 Å². The molecule has 6 nitrogen and oxygen atoms in total. The van der Waals surface area contributed by atoms with Crippen molar-refractivity contribution in [2.45, 2.75) is 38.7 Å². The molecule has 1 atom stereocenters. The summed E-state index contributed by atoms with van der Waals surface area (Å²) in [6.45, 7) is 5.18. The lowest BCUT2D eigenvalue weighted by atomic mass is 10.0. The van der Waals surface area contributed by atoms with Crippen molar-refractivity contribution in [2.24, 2.45) is 4.99 Å². The van der Waals surface area contributed by atoms with Crippen LogP contribution in [0.3, 0.4) is 0 Å². The standard InChI is InChI=1S/C19H26F3N3O3/c1-13(2)28-17(26)7-8-24-18(23-3)25-9-10-27-16(12-25)14-5-4-6-15(11-14)19(20,21)22/h4-6,11,13,16H,7-10,12H2,1-3H3,(H,23,24). The van der Waals surface area contributed by atoms with E-state index in [4.69, 9.17) is 9.47 Å². The van der Waals surface area contributed by atoms with Gasteiger partial charge < -0.3 is 19.7 Å². The van der Waals surface area contributed by atoms with Crippen LogP contribution in [0.25, 0.3) is 0 Å². The second kappa shape index (κ2) is 9.77. The maximum Gasteiger partial charge on any atom is 0.416 e. The van der Waals surface area contributed by atoms with Gasteiger partial charge in [-0.2, -0.15) is 13.2 Å². The van der Waals surface area contributed by atoms with Crippen molar-refractivity contribution in [3.8, 4) is 0 Å². The molecule has 1 N–H and O–H groups in total. The minimum Gasteiger partial charge on any atom is -0.463 e. The summed E-state index contributed by atoms with van der Waals surface area (Å²) < 4.78 is 49.6. The molecule has 0 spiro atoms. The van der Waals surface area contributed by atoms with Crippen molar-refractivity contribution in [3.63, 3.8) is 0 Å². The smallest absolute Gasteiger partial charge is 0.416 e. The molecule has 1 saturated heterocycles. The Kier molecular flexibility index (Phi) is 7.68. The average molecular weight is 401 g/mol. The van der Waals surface area contributed by atoms with Crippen LogP contribution in [0.4, 0.5) is 13.2 Å². The van der Waals surface area contributed by atoms with Gasteiger partial charge in [-0.3, -0.25) is 9.79 Å². The van der Waals surface area contributed by atoms with Crippen molar-refractivity contribution >= 4 is 11.9 Å². The molecule has 1 aliphatic rings. The number of benzene rings is 1. The number of alkyl halides is 3. The van der Waals surface area contributed by atoms with Crippen LogP contribution in [-0.4, -0.2) is 56.2 Å². The first kappa shape index (κ1) is 22.0. The molecule has 1 aromatic rings. The molecule has 1 fully saturated rings. The van der Waals surface area contributed by atoms with Gasteiger partial charge >= 0.3 is 12.1 Å². The first-order valence-electron chi connectivity index (χ1n) is 9.14. The highest BCUT2D eigenvalue weighted by molar-refractivity contribution is 5.80. The third-order valence-electron chi connectivity index (χ3n) is 4.14. The Bertz CT molecular complexity index is 692. The molecule has 0 amide bonds. The molecule has 9 heteroatoms. The van der Waals surface area contributed by atoms with Gasteiger partial charge in [0.1, 0.15) is 6.10 Å². The number of aliphatic imine (C=N–C) groups is 1. The van der Waals surface area contributed by atoms with E-state index >= 15 is 0 Å². The van der Waals surface area contributed by atoms with Gasteiger partial charge in [0.2, 0.25) is 0 Å². The summed E-state index contributed by atoms with van der Waals surface area (Å²) in [4.78, 5) is 17.7. The molecular formula is C19H26F3N3O3. The number of nitrogens with zero attached hydrogens (tertiary/aromatic N) is 2. The molecule has 0 aliphatic carbocycles. The van der Waals surface area contributed by atoms with Crippen LogP contribution in [0.15, 0.2) is 29.3 Å². The first-order chi connectivity index (χ1) is 13.2. The molecule has 156 valence electrons. The van der Waals surface area contributed by atoms with E-state index in [0.29, 0.717) is 37.8 Å². The third-order valence-corrected chi connectivity index (χ3v) is 4.14. The van der Waals surface area contributed by atoms with Crippen LogP contribution in [0.1, 0.15) is 37.5 Å². The highest BCUT2D eigenvalue weighted by atomic mass is 19.4. The molecule has 1 unspecified atom stereocenters. The summed E-state index contributed by atoms with van der Waals surface area (Å²) in [6.07, 6.45) is -4.87. The minimum atomic E-state index is -4.40. The molecule has 1 aliphatic heterocycles. The van der Waals surface area contributed by atoms with Gasteiger partial charge in [-0.25, -0.2) is 0 Å².